The van der Waals surface area contributed by atoms with Crippen LogP contribution in [-0.2, 0) is 39.3 Å². The topological polar surface area (TPSA) is 66.0 Å². The number of carbonyl (C=O) groups excluding carboxylic acids is 1. The summed E-state index contributed by atoms with van der Waals surface area (Å²) in [6.45, 7) is 28.1. The van der Waals surface area contributed by atoms with Gasteiger partial charge in [-0.1, -0.05) is 145 Å². The van der Waals surface area contributed by atoms with Gasteiger partial charge in [0, 0.05) is 12.1 Å². The van der Waals surface area contributed by atoms with Gasteiger partial charge in [0.05, 0.1) is 0 Å². The monoisotopic (exact) mass is 762 g/mol. The average molecular weight is 762 g/mol. The molecular weight excluding hydrogens is 695 g/mol. The van der Waals surface area contributed by atoms with Crippen LogP contribution in [0.15, 0.2) is 78.9 Å². The maximum absolute atomic E-state index is 11.3. The number of ether oxygens (including phenoxy) is 4. The van der Waals surface area contributed by atoms with Crippen LogP contribution in [0.3, 0.4) is 0 Å². The number of amides is 1. The van der Waals surface area contributed by atoms with Crippen LogP contribution in [0.5, 0.6) is 23.0 Å². The Morgan fingerprint density at radius 3 is 1.55 bits per heavy atom. The van der Waals surface area contributed by atoms with Crippen LogP contribution in [-0.4, -0.2) is 25.9 Å². The number of rotatable bonds is 0. The second-order valence-electron chi connectivity index (χ2n) is 18.9. The molecule has 1 aliphatic carbocycles. The smallest absolute Gasteiger partial charge is 0.231 e. The summed E-state index contributed by atoms with van der Waals surface area (Å²) in [7, 11) is 0. The zero-order chi connectivity index (χ0) is 40.2. The third-order valence-corrected chi connectivity index (χ3v) is 10.2. The van der Waals surface area contributed by atoms with Gasteiger partial charge in [-0.15, -0.1) is 0 Å². The number of aryl methyl sites for hydroxylation is 1. The van der Waals surface area contributed by atoms with Crippen LogP contribution in [0.25, 0.3) is 6.08 Å². The van der Waals surface area contributed by atoms with Gasteiger partial charge in [-0.3, -0.25) is 4.79 Å². The SMILES string of the molecule is C.CC(C)(C)c1ccc2c(c1)CC=C2.CC(C)(C)c1ccc2c(c1)NC(=O)CC2.CC(C)(C)c1ccc2c(c1)OCCO2.CC(C)(C)c1ccc2c(c1)OCO2. The van der Waals surface area contributed by atoms with Gasteiger partial charge in [-0.25, -0.2) is 0 Å². The zero-order valence-electron chi connectivity index (χ0n) is 35.4. The van der Waals surface area contributed by atoms with Gasteiger partial charge >= 0.3 is 0 Å². The molecule has 6 heteroatoms. The van der Waals surface area contributed by atoms with Crippen molar-refractivity contribution >= 4 is 17.7 Å². The molecule has 0 fully saturated rings. The Kier molecular flexibility index (Phi) is 13.8. The lowest BCUT2D eigenvalue weighted by Gasteiger charge is -2.23. The van der Waals surface area contributed by atoms with Crippen molar-refractivity contribution in [2.45, 2.75) is 131 Å². The van der Waals surface area contributed by atoms with Crippen molar-refractivity contribution in [2.75, 3.05) is 25.3 Å². The summed E-state index contributed by atoms with van der Waals surface area (Å²) in [6, 6.07) is 25.5. The largest absolute Gasteiger partial charge is 0.486 e. The van der Waals surface area contributed by atoms with E-state index in [1.54, 1.807) is 0 Å². The molecule has 0 atom stereocenters. The summed E-state index contributed by atoms with van der Waals surface area (Å²) in [5.41, 5.74) is 11.1. The average Bonchev–Trinajstić information content (AvgIpc) is 3.80. The number of nitrogens with one attached hydrogen (secondary N) is 1. The molecule has 56 heavy (non-hydrogen) atoms. The van der Waals surface area contributed by atoms with Gasteiger partial charge in [-0.2, -0.15) is 0 Å². The summed E-state index contributed by atoms with van der Waals surface area (Å²) < 4.78 is 21.6. The number of hydrogen-bond donors (Lipinski definition) is 1. The first-order valence-electron chi connectivity index (χ1n) is 19.7. The van der Waals surface area contributed by atoms with E-state index in [2.05, 4.69) is 161 Å². The first-order chi connectivity index (χ1) is 25.7. The van der Waals surface area contributed by atoms with E-state index >= 15 is 0 Å². The Balaban J connectivity index is 0.000000165. The molecular formula is C50H67NO5. The van der Waals surface area contributed by atoms with Crippen molar-refractivity contribution in [2.24, 2.45) is 0 Å². The van der Waals surface area contributed by atoms with Crippen molar-refractivity contribution in [1.29, 1.82) is 0 Å². The van der Waals surface area contributed by atoms with Crippen molar-refractivity contribution in [3.8, 4) is 23.0 Å². The molecule has 1 amide bonds. The van der Waals surface area contributed by atoms with Crippen molar-refractivity contribution in [3.05, 3.63) is 118 Å². The van der Waals surface area contributed by atoms with E-state index in [1.165, 1.54) is 38.9 Å². The van der Waals surface area contributed by atoms with Crippen LogP contribution in [0, 0.1) is 0 Å². The minimum atomic E-state index is 0. The van der Waals surface area contributed by atoms with Crippen LogP contribution in [0.4, 0.5) is 5.69 Å². The van der Waals surface area contributed by atoms with E-state index in [4.69, 9.17) is 18.9 Å². The first kappa shape index (κ1) is 44.0. The first-order valence-corrected chi connectivity index (χ1v) is 19.7. The lowest BCUT2D eigenvalue weighted by molar-refractivity contribution is -0.116. The second kappa shape index (κ2) is 17.6. The fourth-order valence-corrected chi connectivity index (χ4v) is 6.44. The van der Waals surface area contributed by atoms with Crippen molar-refractivity contribution in [1.82, 2.24) is 0 Å². The molecule has 6 nitrogen and oxygen atoms in total. The molecule has 3 heterocycles. The molecule has 0 unspecified atom stereocenters. The molecule has 3 aliphatic heterocycles. The predicted molar refractivity (Wildman–Crippen MR) is 234 cm³/mol. The normalized spacial score (nSPS) is 14.9. The Hall–Kier alpha value is -4.71. The lowest BCUT2D eigenvalue weighted by atomic mass is 9.85. The summed E-state index contributed by atoms with van der Waals surface area (Å²) in [4.78, 5) is 11.3. The standard InChI is InChI=1S/C13H17NO.C13H16.C12H16O2.C11H14O2.CH4/c1-13(2,3)10-6-4-9-5-7-12(15)14-11(9)8-10;1-13(2,3)12-8-7-10-5-4-6-11(10)9-12;1-12(2,3)9-4-5-10-11(8-9)14-7-6-13-10;1-11(2,3)8-4-5-9-10(6-8)13-7-12-9;/h4,6,8H,5,7H2,1-3H3,(H,14,15);4-5,7-9H,6H2,1-3H3;4-5,8H,6-7H2,1-3H3;4-6H,7H2,1-3H3;1H4. The van der Waals surface area contributed by atoms with Gasteiger partial charge in [0.1, 0.15) is 13.2 Å². The maximum atomic E-state index is 11.3. The molecule has 1 N–H and O–H groups in total. The van der Waals surface area contributed by atoms with E-state index in [1.807, 2.05) is 12.1 Å². The third kappa shape index (κ3) is 11.7. The predicted octanol–water partition coefficient (Wildman–Crippen LogP) is 12.5. The zero-order valence-corrected chi connectivity index (χ0v) is 35.4. The van der Waals surface area contributed by atoms with Gasteiger partial charge in [-0.05, 0) is 104 Å². The number of hydrogen-bond acceptors (Lipinski definition) is 5. The van der Waals surface area contributed by atoms with Gasteiger partial charge in [0.15, 0.2) is 23.0 Å². The summed E-state index contributed by atoms with van der Waals surface area (Å²) in [5, 5.41) is 2.93. The number of fused-ring (bicyclic) bond motifs is 4. The summed E-state index contributed by atoms with van der Waals surface area (Å²) in [6.07, 6.45) is 7.03. The van der Waals surface area contributed by atoms with Crippen molar-refractivity contribution in [3.63, 3.8) is 0 Å². The van der Waals surface area contributed by atoms with Crippen LogP contribution in [0.2, 0.25) is 0 Å². The Bertz CT molecular complexity index is 1980. The minimum absolute atomic E-state index is 0. The van der Waals surface area contributed by atoms with Crippen molar-refractivity contribution < 1.29 is 23.7 Å². The number of anilines is 1. The molecule has 0 bridgehead atoms. The van der Waals surface area contributed by atoms with Gasteiger partial charge < -0.3 is 24.3 Å². The lowest BCUT2D eigenvalue weighted by Crippen LogP contribution is -2.20. The molecule has 4 aromatic carbocycles. The van der Waals surface area contributed by atoms with E-state index < -0.39 is 0 Å². The highest BCUT2D eigenvalue weighted by molar-refractivity contribution is 5.94. The summed E-state index contributed by atoms with van der Waals surface area (Å²) in [5.74, 6) is 3.60. The third-order valence-electron chi connectivity index (χ3n) is 10.2. The Morgan fingerprint density at radius 1 is 0.500 bits per heavy atom. The van der Waals surface area contributed by atoms with Crippen LogP contribution >= 0.6 is 0 Å². The van der Waals surface area contributed by atoms with E-state index in [9.17, 15) is 4.79 Å². The molecule has 8 rings (SSSR count). The fourth-order valence-electron chi connectivity index (χ4n) is 6.44. The molecule has 4 aromatic rings. The molecule has 0 radical (unpaired) electrons. The van der Waals surface area contributed by atoms with Gasteiger partial charge in [0.25, 0.3) is 0 Å². The Morgan fingerprint density at radius 2 is 0.964 bits per heavy atom. The molecule has 302 valence electrons. The molecule has 0 aromatic heterocycles. The maximum Gasteiger partial charge on any atom is 0.231 e. The number of carbonyl (C=O) groups is 1. The van der Waals surface area contributed by atoms with E-state index in [0.29, 0.717) is 26.4 Å². The highest BCUT2D eigenvalue weighted by Crippen LogP contribution is 2.37. The molecule has 0 spiro atoms. The number of allylic oxidation sites excluding steroid dienone is 1. The van der Waals surface area contributed by atoms with Gasteiger partial charge in [0.2, 0.25) is 12.7 Å². The highest BCUT2D eigenvalue weighted by Gasteiger charge is 2.22. The summed E-state index contributed by atoms with van der Waals surface area (Å²) >= 11 is 0. The highest BCUT2D eigenvalue weighted by atomic mass is 16.7. The second-order valence-corrected chi connectivity index (χ2v) is 18.9. The van der Waals surface area contributed by atoms with E-state index in [0.717, 1.165) is 41.5 Å². The molecule has 0 saturated heterocycles. The quantitative estimate of drug-likeness (QED) is 0.193. The number of benzene rings is 4. The Labute approximate surface area is 338 Å². The van der Waals surface area contributed by atoms with Crippen LogP contribution < -0.4 is 24.3 Å². The van der Waals surface area contributed by atoms with E-state index in [-0.39, 0.29) is 35.0 Å². The fraction of sp³-hybridized carbons (Fsp3) is 0.460. The molecule has 0 saturated carbocycles. The molecule has 4 aliphatic rings. The van der Waals surface area contributed by atoms with Crippen LogP contribution in [0.1, 0.15) is 136 Å². The minimum Gasteiger partial charge on any atom is -0.486 e.